The number of nitrogens with one attached hydrogen (secondary N) is 1. The number of nitrogens with zero attached hydrogens (tertiary/aromatic N) is 1. The molecule has 2 aromatic carbocycles. The van der Waals surface area contributed by atoms with E-state index >= 15 is 0 Å². The smallest absolute Gasteiger partial charge is 0.251 e. The molecule has 1 aliphatic rings. The molecule has 6 heteroatoms. The maximum Gasteiger partial charge on any atom is 0.251 e. The quantitative estimate of drug-likeness (QED) is 0.507. The molecule has 0 unspecified atom stereocenters. The first-order chi connectivity index (χ1) is 13.1. The fourth-order valence-corrected chi connectivity index (χ4v) is 5.22. The predicted octanol–water partition coefficient (Wildman–Crippen LogP) is 5.54. The summed E-state index contributed by atoms with van der Waals surface area (Å²) < 4.78 is 8.11. The maximum absolute atomic E-state index is 12.7. The second-order valence-corrected chi connectivity index (χ2v) is 10.4. The zero-order valence-corrected chi connectivity index (χ0v) is 20.0. The van der Waals surface area contributed by atoms with Gasteiger partial charge in [-0.15, -0.1) is 0 Å². The molecule has 1 aliphatic carbocycles. The first-order valence-corrected chi connectivity index (χ1v) is 10.9. The molecule has 1 saturated carbocycles. The molecule has 1 N–H and O–H groups in total. The van der Waals surface area contributed by atoms with E-state index < -0.39 is 0 Å². The molecule has 1 amide bonds. The Bertz CT molecular complexity index is 932. The Morgan fingerprint density at radius 3 is 2.29 bits per heavy atom. The summed E-state index contributed by atoms with van der Waals surface area (Å²) in [7, 11) is 0. The standard InChI is InChI=1S/C22H22BrIN2O2/c1-21(2)19(26-18(27)13-5-8-15(24)9-6-13)22(3,4)20(21)28-16-10-7-14(12-25)17(23)11-16/h5-11,19-20H,1-4H3,(H,26,27)/t19-,20-. The highest BCUT2D eigenvalue weighted by Gasteiger charge is 2.64. The number of hydrogen-bond acceptors (Lipinski definition) is 3. The van der Waals surface area contributed by atoms with Gasteiger partial charge in [-0.2, -0.15) is 5.26 Å². The lowest BCUT2D eigenvalue weighted by Crippen LogP contribution is -2.74. The summed E-state index contributed by atoms with van der Waals surface area (Å²) >= 11 is 5.63. The van der Waals surface area contributed by atoms with Crippen LogP contribution in [0.3, 0.4) is 0 Å². The van der Waals surface area contributed by atoms with Crippen LogP contribution in [0.5, 0.6) is 5.75 Å². The van der Waals surface area contributed by atoms with Crippen molar-refractivity contribution in [3.05, 3.63) is 61.6 Å². The Morgan fingerprint density at radius 2 is 1.75 bits per heavy atom. The molecule has 0 atom stereocenters. The van der Waals surface area contributed by atoms with Crippen molar-refractivity contribution in [1.29, 1.82) is 5.26 Å². The van der Waals surface area contributed by atoms with Gasteiger partial charge in [0.05, 0.1) is 5.56 Å². The minimum absolute atomic E-state index is 0.0291. The third-order valence-electron chi connectivity index (χ3n) is 5.54. The van der Waals surface area contributed by atoms with Crippen molar-refractivity contribution < 1.29 is 9.53 Å². The summed E-state index contributed by atoms with van der Waals surface area (Å²) in [6, 6.07) is 15.0. The van der Waals surface area contributed by atoms with E-state index in [9.17, 15) is 4.79 Å². The van der Waals surface area contributed by atoms with Crippen LogP contribution in [0, 0.1) is 25.7 Å². The van der Waals surface area contributed by atoms with E-state index in [0.29, 0.717) is 21.3 Å². The molecule has 28 heavy (non-hydrogen) atoms. The molecule has 0 aromatic heterocycles. The van der Waals surface area contributed by atoms with Gasteiger partial charge in [-0.25, -0.2) is 0 Å². The Hall–Kier alpha value is -1.59. The molecule has 0 aliphatic heterocycles. The zero-order chi connectivity index (χ0) is 20.7. The minimum atomic E-state index is -0.247. The number of halogens is 2. The number of ether oxygens (including phenoxy) is 1. The molecule has 0 spiro atoms. The van der Waals surface area contributed by atoms with Crippen molar-refractivity contribution in [1.82, 2.24) is 5.32 Å². The van der Waals surface area contributed by atoms with Crippen LogP contribution < -0.4 is 10.1 Å². The van der Waals surface area contributed by atoms with Crippen LogP contribution in [0.15, 0.2) is 46.9 Å². The number of hydrogen-bond donors (Lipinski definition) is 1. The first kappa shape index (κ1) is 21.1. The molecule has 4 nitrogen and oxygen atoms in total. The summed E-state index contributed by atoms with van der Waals surface area (Å²) in [6.45, 7) is 8.45. The third-order valence-corrected chi connectivity index (χ3v) is 6.91. The van der Waals surface area contributed by atoms with E-state index in [1.54, 1.807) is 6.07 Å². The van der Waals surface area contributed by atoms with E-state index in [4.69, 9.17) is 10.00 Å². The van der Waals surface area contributed by atoms with Crippen molar-refractivity contribution in [3.63, 3.8) is 0 Å². The molecule has 1 fully saturated rings. The predicted molar refractivity (Wildman–Crippen MR) is 121 cm³/mol. The molecule has 3 rings (SSSR count). The van der Waals surface area contributed by atoms with Gasteiger partial charge in [0.1, 0.15) is 17.9 Å². The Labute approximate surface area is 187 Å². The van der Waals surface area contributed by atoms with Gasteiger partial charge in [-0.1, -0.05) is 27.7 Å². The summed E-state index contributed by atoms with van der Waals surface area (Å²) in [4.78, 5) is 12.7. The Kier molecular flexibility index (Phi) is 5.79. The number of rotatable bonds is 4. The highest BCUT2D eigenvalue weighted by atomic mass is 127. The summed E-state index contributed by atoms with van der Waals surface area (Å²) in [5.41, 5.74) is 0.736. The van der Waals surface area contributed by atoms with Gasteiger partial charge >= 0.3 is 0 Å². The van der Waals surface area contributed by atoms with Crippen LogP contribution in [0.2, 0.25) is 0 Å². The van der Waals surface area contributed by atoms with Crippen LogP contribution in [-0.4, -0.2) is 18.1 Å². The first-order valence-electron chi connectivity index (χ1n) is 9.00. The summed E-state index contributed by atoms with van der Waals surface area (Å²) in [5, 5.41) is 12.3. The fraction of sp³-hybridized carbons (Fsp3) is 0.364. The average Bonchev–Trinajstić information content (AvgIpc) is 2.64. The van der Waals surface area contributed by atoms with E-state index in [0.717, 1.165) is 3.57 Å². The highest BCUT2D eigenvalue weighted by molar-refractivity contribution is 14.1. The van der Waals surface area contributed by atoms with Gasteiger partial charge < -0.3 is 10.1 Å². The monoisotopic (exact) mass is 552 g/mol. The molecule has 0 radical (unpaired) electrons. The van der Waals surface area contributed by atoms with Crippen LogP contribution in [-0.2, 0) is 0 Å². The van der Waals surface area contributed by atoms with Crippen molar-refractivity contribution in [2.75, 3.05) is 0 Å². The van der Waals surface area contributed by atoms with E-state index in [2.05, 4.69) is 77.6 Å². The summed E-state index contributed by atoms with van der Waals surface area (Å²) in [5.74, 6) is 0.640. The lowest BCUT2D eigenvalue weighted by molar-refractivity contribution is -0.164. The van der Waals surface area contributed by atoms with E-state index in [1.165, 1.54) is 0 Å². The normalized spacial score (nSPS) is 21.9. The van der Waals surface area contributed by atoms with Crippen molar-refractivity contribution in [3.8, 4) is 11.8 Å². The zero-order valence-electron chi connectivity index (χ0n) is 16.2. The van der Waals surface area contributed by atoms with Crippen LogP contribution in [0.25, 0.3) is 0 Å². The second kappa shape index (κ2) is 7.68. The molecule has 146 valence electrons. The molecule has 2 aromatic rings. The molecule has 0 saturated heterocycles. The van der Waals surface area contributed by atoms with Crippen LogP contribution in [0.4, 0.5) is 0 Å². The maximum atomic E-state index is 12.7. The molecule has 0 heterocycles. The highest BCUT2D eigenvalue weighted by Crippen LogP contribution is 2.55. The number of amides is 1. The van der Waals surface area contributed by atoms with Gasteiger partial charge in [0.2, 0.25) is 0 Å². The Balaban J connectivity index is 1.76. The van der Waals surface area contributed by atoms with Crippen LogP contribution in [0.1, 0.15) is 43.6 Å². The Morgan fingerprint density at radius 1 is 1.14 bits per heavy atom. The van der Waals surface area contributed by atoms with Gasteiger partial charge in [0, 0.05) is 30.5 Å². The number of nitriles is 1. The minimum Gasteiger partial charge on any atom is -0.489 e. The van der Waals surface area contributed by atoms with Gasteiger partial charge in [0.15, 0.2) is 0 Å². The van der Waals surface area contributed by atoms with Gasteiger partial charge in [-0.05, 0) is 81.0 Å². The number of carbonyl (C=O) groups is 1. The SMILES string of the molecule is CC1(C)[C@H](NC(=O)c2ccc(I)cc2)C(C)(C)[C@H]1Oc1ccc(C#N)c(Br)c1. The number of benzene rings is 2. The topological polar surface area (TPSA) is 62.1 Å². The van der Waals surface area contributed by atoms with Gasteiger partial charge in [-0.3, -0.25) is 4.79 Å². The van der Waals surface area contributed by atoms with Crippen molar-refractivity contribution in [2.45, 2.75) is 39.8 Å². The lowest BCUT2D eigenvalue weighted by Gasteiger charge is -2.63. The fourth-order valence-electron chi connectivity index (χ4n) is 4.41. The molecular formula is C22H22BrIN2O2. The second-order valence-electron chi connectivity index (χ2n) is 8.31. The van der Waals surface area contributed by atoms with Gasteiger partial charge in [0.25, 0.3) is 5.91 Å². The van der Waals surface area contributed by atoms with Crippen molar-refractivity contribution >= 4 is 44.4 Å². The lowest BCUT2D eigenvalue weighted by atomic mass is 9.49. The largest absolute Gasteiger partial charge is 0.489 e. The van der Waals surface area contributed by atoms with E-state index in [-0.39, 0.29) is 28.9 Å². The molecule has 0 bridgehead atoms. The number of carbonyl (C=O) groups excluding carboxylic acids is 1. The van der Waals surface area contributed by atoms with E-state index in [1.807, 2.05) is 36.4 Å². The summed E-state index contributed by atoms with van der Waals surface area (Å²) in [6.07, 6.45) is -0.0816. The van der Waals surface area contributed by atoms with Crippen LogP contribution >= 0.6 is 38.5 Å². The average molecular weight is 553 g/mol. The van der Waals surface area contributed by atoms with Crippen molar-refractivity contribution in [2.24, 2.45) is 10.8 Å². The molecular weight excluding hydrogens is 531 g/mol. The third kappa shape index (κ3) is 3.79.